The lowest BCUT2D eigenvalue weighted by molar-refractivity contribution is -0.140. The molecule has 1 saturated heterocycles. The molecule has 3 aromatic heterocycles. The van der Waals surface area contributed by atoms with Gasteiger partial charge in [-0.3, -0.25) is 9.48 Å². The van der Waals surface area contributed by atoms with Crippen LogP contribution >= 0.6 is 0 Å². The third kappa shape index (κ3) is 4.21. The molecule has 13 heteroatoms. The van der Waals surface area contributed by atoms with Crippen molar-refractivity contribution < 1.29 is 26.4 Å². The van der Waals surface area contributed by atoms with E-state index in [4.69, 9.17) is 0 Å². The van der Waals surface area contributed by atoms with Gasteiger partial charge in [0.2, 0.25) is 15.9 Å². The summed E-state index contributed by atoms with van der Waals surface area (Å²) in [6.07, 6.45) is 1.77. The van der Waals surface area contributed by atoms with Crippen molar-refractivity contribution in [2.45, 2.75) is 25.1 Å². The molecule has 0 saturated carbocycles. The van der Waals surface area contributed by atoms with Crippen molar-refractivity contribution in [2.75, 3.05) is 25.4 Å². The van der Waals surface area contributed by atoms with Crippen LogP contribution in [-0.2, 0) is 20.4 Å². The predicted octanol–water partition coefficient (Wildman–Crippen LogP) is 1.86. The van der Waals surface area contributed by atoms with Gasteiger partial charge in [0.1, 0.15) is 12.2 Å². The maximum absolute atomic E-state index is 12.5. The third-order valence-corrected chi connectivity index (χ3v) is 7.28. The molecule has 1 aliphatic rings. The Morgan fingerprint density at radius 3 is 2.78 bits per heavy atom. The van der Waals surface area contributed by atoms with E-state index in [1.54, 1.807) is 30.9 Å². The topological polar surface area (TPSA) is 113 Å². The summed E-state index contributed by atoms with van der Waals surface area (Å²) in [5, 5.41) is 7.05. The number of aromatic amines is 1. The number of amides is 1. The molecular weight excluding hydrogens is 449 g/mol. The molecule has 32 heavy (non-hydrogen) atoms. The molecule has 0 aliphatic carbocycles. The molecule has 1 aliphatic heterocycles. The number of aromatic nitrogens is 4. The van der Waals surface area contributed by atoms with Gasteiger partial charge in [-0.15, -0.1) is 0 Å². The molecule has 3 aromatic rings. The molecule has 4 rings (SSSR count). The SMILES string of the molecule is CCS(=O)(=O)N1CC(CC(=O)NCC(F)(F)F)(n2cc(-c3c[nH]c4ncccc34)cn2)C1. The normalized spacial score (nSPS) is 16.8. The van der Waals surface area contributed by atoms with E-state index in [-0.39, 0.29) is 25.3 Å². The van der Waals surface area contributed by atoms with Crippen LogP contribution in [0.2, 0.25) is 0 Å². The van der Waals surface area contributed by atoms with Crippen LogP contribution < -0.4 is 5.32 Å². The van der Waals surface area contributed by atoms with Crippen molar-refractivity contribution in [1.82, 2.24) is 29.4 Å². The third-order valence-electron chi connectivity index (χ3n) is 5.51. The fourth-order valence-corrected chi connectivity index (χ4v) is 5.04. The first-order chi connectivity index (χ1) is 15.0. The molecule has 9 nitrogen and oxygen atoms in total. The van der Waals surface area contributed by atoms with Gasteiger partial charge in [0, 0.05) is 48.2 Å². The number of pyridine rings is 1. The number of rotatable bonds is 7. The quantitative estimate of drug-likeness (QED) is 0.547. The Morgan fingerprint density at radius 1 is 1.34 bits per heavy atom. The zero-order valence-corrected chi connectivity index (χ0v) is 17.9. The largest absolute Gasteiger partial charge is 0.405 e. The first-order valence-electron chi connectivity index (χ1n) is 9.82. The van der Waals surface area contributed by atoms with Crippen molar-refractivity contribution in [3.8, 4) is 11.1 Å². The molecule has 172 valence electrons. The standard InChI is InChI=1S/C19H21F3N6O3S/c1-2-32(30,31)27-11-18(12-27,6-16(29)25-10-19(20,21)22)28-9-13(7-26-28)15-8-24-17-14(15)4-3-5-23-17/h3-5,7-9H,2,6,10-12H2,1H3,(H,23,24)(H,25,29). The Morgan fingerprint density at radius 2 is 2.09 bits per heavy atom. The van der Waals surface area contributed by atoms with Crippen LogP contribution in [0.15, 0.2) is 36.9 Å². The van der Waals surface area contributed by atoms with E-state index in [1.807, 2.05) is 11.4 Å². The van der Waals surface area contributed by atoms with Gasteiger partial charge >= 0.3 is 6.18 Å². The van der Waals surface area contributed by atoms with Crippen molar-refractivity contribution in [2.24, 2.45) is 0 Å². The summed E-state index contributed by atoms with van der Waals surface area (Å²) in [5.41, 5.74) is 1.12. The van der Waals surface area contributed by atoms with Gasteiger partial charge < -0.3 is 10.3 Å². The first kappa shape index (κ1) is 22.3. The monoisotopic (exact) mass is 470 g/mol. The van der Waals surface area contributed by atoms with Crippen molar-refractivity contribution in [3.05, 3.63) is 36.9 Å². The van der Waals surface area contributed by atoms with E-state index < -0.39 is 34.2 Å². The number of nitrogens with one attached hydrogen (secondary N) is 2. The van der Waals surface area contributed by atoms with Crippen molar-refractivity contribution in [1.29, 1.82) is 0 Å². The smallest absolute Gasteiger partial charge is 0.347 e. The van der Waals surface area contributed by atoms with Crippen LogP contribution in [0.25, 0.3) is 22.2 Å². The Balaban J connectivity index is 1.62. The molecule has 0 spiro atoms. The average Bonchev–Trinajstić information content (AvgIpc) is 3.35. The molecule has 1 amide bonds. The number of hydrogen-bond acceptors (Lipinski definition) is 5. The summed E-state index contributed by atoms with van der Waals surface area (Å²) >= 11 is 0. The number of H-pyrrole nitrogens is 1. The van der Waals surface area contributed by atoms with E-state index in [2.05, 4.69) is 15.1 Å². The van der Waals surface area contributed by atoms with Crippen LogP contribution in [0.5, 0.6) is 0 Å². The number of fused-ring (bicyclic) bond motifs is 1. The van der Waals surface area contributed by atoms with E-state index in [0.717, 1.165) is 10.9 Å². The predicted molar refractivity (Wildman–Crippen MR) is 110 cm³/mol. The van der Waals surface area contributed by atoms with E-state index in [1.165, 1.54) is 15.9 Å². The fourth-order valence-electron chi connectivity index (χ4n) is 3.80. The number of halogens is 3. The zero-order chi connectivity index (χ0) is 23.1. The number of carbonyl (C=O) groups is 1. The minimum Gasteiger partial charge on any atom is -0.347 e. The highest BCUT2D eigenvalue weighted by Crippen LogP contribution is 2.36. The van der Waals surface area contributed by atoms with E-state index >= 15 is 0 Å². The van der Waals surface area contributed by atoms with Crippen molar-refractivity contribution in [3.63, 3.8) is 0 Å². The summed E-state index contributed by atoms with van der Waals surface area (Å²) in [7, 11) is -3.51. The highest BCUT2D eigenvalue weighted by atomic mass is 32.2. The molecule has 0 unspecified atom stereocenters. The fraction of sp³-hybridized carbons (Fsp3) is 0.421. The summed E-state index contributed by atoms with van der Waals surface area (Å²) in [6.45, 7) is -0.0631. The molecular formula is C19H21F3N6O3S. The lowest BCUT2D eigenvalue weighted by Crippen LogP contribution is -2.65. The minimum absolute atomic E-state index is 0.0564. The van der Waals surface area contributed by atoms with Gasteiger partial charge in [0.05, 0.1) is 23.9 Å². The van der Waals surface area contributed by atoms with Gasteiger partial charge in [0.25, 0.3) is 0 Å². The molecule has 0 atom stereocenters. The van der Waals surface area contributed by atoms with Gasteiger partial charge in [-0.2, -0.15) is 22.6 Å². The number of sulfonamides is 1. The number of alkyl halides is 3. The summed E-state index contributed by atoms with van der Waals surface area (Å²) in [4.78, 5) is 19.6. The molecule has 4 heterocycles. The van der Waals surface area contributed by atoms with Crippen LogP contribution in [-0.4, -0.2) is 69.9 Å². The van der Waals surface area contributed by atoms with Gasteiger partial charge in [-0.25, -0.2) is 13.4 Å². The lowest BCUT2D eigenvalue weighted by atomic mass is 9.88. The Hall–Kier alpha value is -2.93. The number of hydrogen-bond donors (Lipinski definition) is 2. The van der Waals surface area contributed by atoms with Crippen LogP contribution in [0.1, 0.15) is 13.3 Å². The number of carbonyl (C=O) groups excluding carboxylic acids is 1. The molecule has 0 aromatic carbocycles. The summed E-state index contributed by atoms with van der Waals surface area (Å²) in [5.74, 6) is -0.944. The van der Waals surface area contributed by atoms with Crippen LogP contribution in [0.3, 0.4) is 0 Å². The highest BCUT2D eigenvalue weighted by molar-refractivity contribution is 7.89. The van der Waals surface area contributed by atoms with Gasteiger partial charge in [0.15, 0.2) is 0 Å². The molecule has 2 N–H and O–H groups in total. The van der Waals surface area contributed by atoms with Crippen LogP contribution in [0.4, 0.5) is 13.2 Å². The van der Waals surface area contributed by atoms with Gasteiger partial charge in [-0.05, 0) is 19.1 Å². The first-order valence-corrected chi connectivity index (χ1v) is 11.4. The second kappa shape index (κ2) is 7.89. The van der Waals surface area contributed by atoms with E-state index in [0.29, 0.717) is 11.2 Å². The van der Waals surface area contributed by atoms with E-state index in [9.17, 15) is 26.4 Å². The van der Waals surface area contributed by atoms with Crippen molar-refractivity contribution >= 4 is 27.0 Å². The molecule has 1 fully saturated rings. The van der Waals surface area contributed by atoms with Gasteiger partial charge in [-0.1, -0.05) is 0 Å². The average molecular weight is 470 g/mol. The summed E-state index contributed by atoms with van der Waals surface area (Å²) < 4.78 is 64.6. The lowest BCUT2D eigenvalue weighted by Gasteiger charge is -2.48. The Bertz CT molecular complexity index is 1240. The maximum atomic E-state index is 12.5. The Labute approximate surface area is 181 Å². The highest BCUT2D eigenvalue weighted by Gasteiger charge is 2.51. The number of nitrogens with zero attached hydrogens (tertiary/aromatic N) is 4. The zero-order valence-electron chi connectivity index (χ0n) is 17.1. The van der Waals surface area contributed by atoms with Crippen LogP contribution in [0, 0.1) is 0 Å². The molecule has 0 radical (unpaired) electrons. The maximum Gasteiger partial charge on any atom is 0.405 e. The Kier molecular flexibility index (Phi) is 5.49. The minimum atomic E-state index is -4.54. The molecule has 0 bridgehead atoms. The second-order valence-corrected chi connectivity index (χ2v) is 9.99. The second-order valence-electron chi connectivity index (χ2n) is 7.74. The summed E-state index contributed by atoms with van der Waals surface area (Å²) in [6, 6.07) is 3.67.